The smallest absolute Gasteiger partial charge is 0.322 e. The van der Waals surface area contributed by atoms with E-state index in [4.69, 9.17) is 15.3 Å². The maximum absolute atomic E-state index is 13.9. The zero-order valence-corrected chi connectivity index (χ0v) is 22.2. The number of anilines is 2. The minimum atomic E-state index is -4.61. The van der Waals surface area contributed by atoms with Gasteiger partial charge in [-0.2, -0.15) is 8.42 Å². The summed E-state index contributed by atoms with van der Waals surface area (Å²) in [5, 5.41) is 0. The number of pyridine rings is 1. The number of ether oxygens (including phenoxy) is 1. The van der Waals surface area contributed by atoms with Gasteiger partial charge in [0.25, 0.3) is 0 Å². The summed E-state index contributed by atoms with van der Waals surface area (Å²) >= 11 is 0. The summed E-state index contributed by atoms with van der Waals surface area (Å²) in [6.07, 6.45) is 1.46. The minimum Gasteiger partial charge on any atom is -0.480 e. The van der Waals surface area contributed by atoms with Gasteiger partial charge in [-0.1, -0.05) is 46.9 Å². The van der Waals surface area contributed by atoms with E-state index in [-0.39, 0.29) is 24.1 Å². The average molecular weight is 562 g/mol. The van der Waals surface area contributed by atoms with Gasteiger partial charge in [0, 0.05) is 17.8 Å². The molecule has 5 aromatic rings. The van der Waals surface area contributed by atoms with Crippen LogP contribution in [-0.2, 0) is 19.7 Å². The van der Waals surface area contributed by atoms with Crippen LogP contribution in [0.5, 0.6) is 5.88 Å². The molecule has 0 bridgehead atoms. The lowest BCUT2D eigenvalue weighted by Crippen LogP contribution is -2.31. The molecule has 0 saturated heterocycles. The van der Waals surface area contributed by atoms with Crippen molar-refractivity contribution in [1.82, 2.24) is 14.5 Å². The van der Waals surface area contributed by atoms with Crippen molar-refractivity contribution < 1.29 is 27.2 Å². The lowest BCUT2D eigenvalue weighted by molar-refractivity contribution is -0.128. The molecule has 0 fully saturated rings. The maximum atomic E-state index is 13.9. The highest BCUT2D eigenvalue weighted by Gasteiger charge is 2.32. The molecule has 0 saturated carbocycles. The topological polar surface area (TPSA) is 130 Å². The summed E-state index contributed by atoms with van der Waals surface area (Å²) in [5.41, 5.74) is 9.54. The first-order chi connectivity index (χ1) is 19.2. The van der Waals surface area contributed by atoms with Crippen LogP contribution in [0.2, 0.25) is 0 Å². The molecule has 1 unspecified atom stereocenters. The zero-order valence-electron chi connectivity index (χ0n) is 21.4. The van der Waals surface area contributed by atoms with Gasteiger partial charge in [0.1, 0.15) is 5.82 Å². The molecule has 0 aliphatic carbocycles. The molecule has 3 aromatic carbocycles. The number of methoxy groups -OCH3 is 1. The van der Waals surface area contributed by atoms with Crippen molar-refractivity contribution in [1.29, 1.82) is 0 Å². The first kappa shape index (κ1) is 26.6. The first-order valence-corrected chi connectivity index (χ1v) is 13.5. The number of carbonyl (C=O) groups is 1. The third-order valence-electron chi connectivity index (χ3n) is 6.39. The lowest BCUT2D eigenvalue weighted by Gasteiger charge is -2.21. The summed E-state index contributed by atoms with van der Waals surface area (Å²) < 4.78 is 48.7. The van der Waals surface area contributed by atoms with Crippen LogP contribution >= 0.6 is 0 Å². The Labute approximate surface area is 229 Å². The van der Waals surface area contributed by atoms with Crippen LogP contribution in [-0.4, -0.2) is 36.5 Å². The predicted octanol–water partition coefficient (Wildman–Crippen LogP) is 4.72. The number of halogens is 1. The Bertz CT molecular complexity index is 1810. The van der Waals surface area contributed by atoms with Crippen molar-refractivity contribution in [2.75, 3.05) is 17.3 Å². The van der Waals surface area contributed by atoms with Crippen molar-refractivity contribution in [3.63, 3.8) is 0 Å². The molecule has 0 aliphatic heterocycles. The van der Waals surface area contributed by atoms with Crippen LogP contribution < -0.4 is 14.9 Å². The average Bonchev–Trinajstić information content (AvgIpc) is 3.30. The molecule has 2 aromatic heterocycles. The van der Waals surface area contributed by atoms with Gasteiger partial charge in [0.2, 0.25) is 11.8 Å². The molecular weight excluding hydrogens is 537 g/mol. The van der Waals surface area contributed by atoms with Gasteiger partial charge in [0.05, 0.1) is 29.9 Å². The summed E-state index contributed by atoms with van der Waals surface area (Å²) in [4.78, 5) is 24.3. The number of hydrogen-bond acceptors (Lipinski definition) is 8. The van der Waals surface area contributed by atoms with E-state index in [0.29, 0.717) is 27.1 Å². The molecule has 2 heterocycles. The van der Waals surface area contributed by atoms with Gasteiger partial charge in [-0.05, 0) is 48.4 Å². The largest absolute Gasteiger partial charge is 0.480 e. The van der Waals surface area contributed by atoms with E-state index in [0.717, 1.165) is 23.2 Å². The standard InChI is InChI=1S/C28H24FN5O5S/c1-18(19-7-4-3-5-8-19)33-25-13-20(11-12-24(25)32-28(33)30)21-14-26(27(38-2)31-16-21)40(36,37)34(39-17-35)23-10-6-9-22(29)15-23/h3-18H,1-2H3,(H2,30,32). The van der Waals surface area contributed by atoms with Gasteiger partial charge in [0.15, 0.2) is 4.90 Å². The van der Waals surface area contributed by atoms with Crippen molar-refractivity contribution >= 4 is 39.2 Å². The third kappa shape index (κ3) is 4.80. The van der Waals surface area contributed by atoms with Crippen molar-refractivity contribution in [3.05, 3.63) is 96.4 Å². The number of nitrogens with zero attached hydrogens (tertiary/aromatic N) is 4. The number of sulfonamides is 1. The van der Waals surface area contributed by atoms with Gasteiger partial charge >= 0.3 is 16.5 Å². The molecule has 10 nitrogen and oxygen atoms in total. The van der Waals surface area contributed by atoms with E-state index in [2.05, 4.69) is 9.97 Å². The molecular formula is C28H24FN5O5S. The molecule has 12 heteroatoms. The van der Waals surface area contributed by atoms with Gasteiger partial charge in [-0.15, -0.1) is 0 Å². The van der Waals surface area contributed by atoms with E-state index in [1.54, 1.807) is 12.1 Å². The van der Waals surface area contributed by atoms with Crippen molar-refractivity contribution in [2.24, 2.45) is 0 Å². The van der Waals surface area contributed by atoms with Crippen molar-refractivity contribution in [2.45, 2.75) is 17.9 Å². The van der Waals surface area contributed by atoms with E-state index in [9.17, 15) is 17.6 Å². The molecule has 5 rings (SSSR count). The van der Waals surface area contributed by atoms with Crippen LogP contribution in [0.4, 0.5) is 16.0 Å². The molecule has 0 spiro atoms. The summed E-state index contributed by atoms with van der Waals surface area (Å²) in [5.74, 6) is -0.635. The number of fused-ring (bicyclic) bond motifs is 1. The van der Waals surface area contributed by atoms with Gasteiger partial charge in [-0.3, -0.25) is 4.79 Å². The number of hydrogen-bond donors (Lipinski definition) is 1. The quantitative estimate of drug-likeness (QED) is 0.202. The van der Waals surface area contributed by atoms with E-state index in [1.807, 2.05) is 47.9 Å². The summed E-state index contributed by atoms with van der Waals surface area (Å²) in [6.45, 7) is 1.94. The number of carbonyl (C=O) groups excluding carboxylic acids is 1. The first-order valence-electron chi connectivity index (χ1n) is 12.0. The second-order valence-electron chi connectivity index (χ2n) is 8.78. The van der Waals surface area contributed by atoms with Crippen LogP contribution in [0.15, 0.2) is 90.0 Å². The Hall–Kier alpha value is -4.97. The number of imidazole rings is 1. The predicted molar refractivity (Wildman–Crippen MR) is 147 cm³/mol. The minimum absolute atomic E-state index is 0.0698. The molecule has 204 valence electrons. The fourth-order valence-electron chi connectivity index (χ4n) is 4.48. The molecule has 40 heavy (non-hydrogen) atoms. The number of aromatic nitrogens is 3. The van der Waals surface area contributed by atoms with Crippen molar-refractivity contribution in [3.8, 4) is 17.0 Å². The highest BCUT2D eigenvalue weighted by Crippen LogP contribution is 2.35. The fraction of sp³-hybridized carbons (Fsp3) is 0.107. The lowest BCUT2D eigenvalue weighted by atomic mass is 10.1. The third-order valence-corrected chi connectivity index (χ3v) is 7.97. The van der Waals surface area contributed by atoms with E-state index in [1.165, 1.54) is 31.5 Å². The summed E-state index contributed by atoms with van der Waals surface area (Å²) in [6, 6.07) is 21.0. The van der Waals surface area contributed by atoms with Crippen LogP contribution in [0.3, 0.4) is 0 Å². The number of rotatable bonds is 9. The Morgan fingerprint density at radius 2 is 1.80 bits per heavy atom. The Balaban J connectivity index is 1.63. The van der Waals surface area contributed by atoms with Crippen LogP contribution in [0.1, 0.15) is 18.5 Å². The molecule has 0 aliphatic rings. The number of benzene rings is 3. The van der Waals surface area contributed by atoms with E-state index < -0.39 is 20.7 Å². The van der Waals surface area contributed by atoms with Crippen LogP contribution in [0, 0.1) is 5.82 Å². The second kappa shape index (κ2) is 10.7. The highest BCUT2D eigenvalue weighted by atomic mass is 32.2. The fourth-order valence-corrected chi connectivity index (χ4v) is 5.83. The molecule has 2 N–H and O–H groups in total. The van der Waals surface area contributed by atoms with Gasteiger partial charge in [-0.25, -0.2) is 14.4 Å². The molecule has 0 radical (unpaired) electrons. The summed E-state index contributed by atoms with van der Waals surface area (Å²) in [7, 11) is -3.36. The second-order valence-corrected chi connectivity index (χ2v) is 10.5. The zero-order chi connectivity index (χ0) is 28.4. The molecule has 0 amide bonds. The maximum Gasteiger partial charge on any atom is 0.322 e. The molecule has 1 atom stereocenters. The normalized spacial score (nSPS) is 12.2. The highest BCUT2D eigenvalue weighted by molar-refractivity contribution is 7.92. The Morgan fingerprint density at radius 3 is 2.50 bits per heavy atom. The van der Waals surface area contributed by atoms with Gasteiger partial charge < -0.3 is 19.9 Å². The SMILES string of the molecule is COc1ncc(-c2ccc3nc(N)n(C(C)c4ccccc4)c3c2)cc1S(=O)(=O)N(OC=O)c1cccc(F)c1. The number of nitrogens with two attached hydrogens (primary N) is 1. The Morgan fingerprint density at radius 1 is 1.02 bits per heavy atom. The monoisotopic (exact) mass is 561 g/mol. The Kier molecular flexibility index (Phi) is 7.09. The van der Waals surface area contributed by atoms with Crippen LogP contribution in [0.25, 0.3) is 22.2 Å². The number of nitrogen functional groups attached to an aromatic ring is 1. The van der Waals surface area contributed by atoms with E-state index >= 15 is 0 Å².